The highest BCUT2D eigenvalue weighted by molar-refractivity contribution is 5.88. The molecular formula is C22H31N5O4. The summed E-state index contributed by atoms with van der Waals surface area (Å²) in [6.07, 6.45) is 0.0925. The molecule has 1 aromatic heterocycles. The first kappa shape index (κ1) is 22.6. The van der Waals surface area contributed by atoms with Crippen molar-refractivity contribution < 1.29 is 19.1 Å². The van der Waals surface area contributed by atoms with Gasteiger partial charge in [-0.2, -0.15) is 5.10 Å². The minimum atomic E-state index is -0.543. The molecule has 0 unspecified atom stereocenters. The van der Waals surface area contributed by atoms with Gasteiger partial charge in [-0.05, 0) is 26.0 Å². The minimum absolute atomic E-state index is 0.0925. The van der Waals surface area contributed by atoms with Crippen molar-refractivity contribution in [3.05, 3.63) is 41.2 Å². The topological polar surface area (TPSA) is 97.7 Å². The third-order valence-electron chi connectivity index (χ3n) is 5.43. The number of carbonyl (C=O) groups is 2. The van der Waals surface area contributed by atoms with Gasteiger partial charge in [0.15, 0.2) is 11.5 Å². The fourth-order valence-corrected chi connectivity index (χ4v) is 3.92. The maximum absolute atomic E-state index is 12.6. The van der Waals surface area contributed by atoms with Crippen molar-refractivity contribution >= 4 is 11.8 Å². The second-order valence-electron chi connectivity index (χ2n) is 7.63. The van der Waals surface area contributed by atoms with Crippen molar-refractivity contribution in [2.45, 2.75) is 39.4 Å². The van der Waals surface area contributed by atoms with E-state index in [9.17, 15) is 9.59 Å². The van der Waals surface area contributed by atoms with Crippen LogP contribution in [0.5, 0.6) is 11.5 Å². The van der Waals surface area contributed by atoms with Gasteiger partial charge in [-0.15, -0.1) is 0 Å². The molecule has 1 fully saturated rings. The van der Waals surface area contributed by atoms with E-state index in [0.29, 0.717) is 44.2 Å². The fourth-order valence-electron chi connectivity index (χ4n) is 3.92. The number of nitrogens with zero attached hydrogens (tertiary/aromatic N) is 3. The van der Waals surface area contributed by atoms with Crippen LogP contribution in [0, 0.1) is 13.8 Å². The van der Waals surface area contributed by atoms with Gasteiger partial charge >= 0.3 is 0 Å². The zero-order chi connectivity index (χ0) is 22.4. The van der Waals surface area contributed by atoms with Crippen molar-refractivity contribution in [2.75, 3.05) is 33.9 Å². The van der Waals surface area contributed by atoms with Crippen LogP contribution < -0.4 is 20.1 Å². The van der Waals surface area contributed by atoms with Crippen molar-refractivity contribution in [1.29, 1.82) is 0 Å². The Bertz CT molecular complexity index is 927. The maximum Gasteiger partial charge on any atom is 0.237 e. The van der Waals surface area contributed by atoms with Crippen LogP contribution in [0.15, 0.2) is 24.3 Å². The Morgan fingerprint density at radius 3 is 2.77 bits per heavy atom. The fraction of sp³-hybridized carbons (Fsp3) is 0.500. The molecular weight excluding hydrogens is 398 g/mol. The number of para-hydroxylation sites is 1. The molecule has 1 aromatic carbocycles. The number of aryl methyl sites for hydroxylation is 2. The van der Waals surface area contributed by atoms with Crippen molar-refractivity contribution in [2.24, 2.45) is 0 Å². The van der Waals surface area contributed by atoms with Crippen LogP contribution in [-0.2, 0) is 22.7 Å². The number of piperazine rings is 1. The van der Waals surface area contributed by atoms with Gasteiger partial charge in [-0.1, -0.05) is 12.1 Å². The van der Waals surface area contributed by atoms with Crippen molar-refractivity contribution in [1.82, 2.24) is 25.3 Å². The molecule has 3 rings (SSSR count). The van der Waals surface area contributed by atoms with E-state index >= 15 is 0 Å². The summed E-state index contributed by atoms with van der Waals surface area (Å²) in [5.41, 5.74) is 2.91. The summed E-state index contributed by atoms with van der Waals surface area (Å²) in [6.45, 7) is 6.65. The molecule has 0 saturated carbocycles. The summed E-state index contributed by atoms with van der Waals surface area (Å²) in [5.74, 6) is 0.983. The van der Waals surface area contributed by atoms with Gasteiger partial charge in [0.2, 0.25) is 11.8 Å². The molecule has 0 aliphatic carbocycles. The monoisotopic (exact) mass is 429 g/mol. The first-order valence-electron chi connectivity index (χ1n) is 10.4. The Balaban J connectivity index is 1.62. The van der Waals surface area contributed by atoms with Crippen LogP contribution in [0.2, 0.25) is 0 Å². The van der Waals surface area contributed by atoms with Crippen LogP contribution in [0.3, 0.4) is 0 Å². The molecule has 31 heavy (non-hydrogen) atoms. The molecule has 1 aliphatic rings. The van der Waals surface area contributed by atoms with E-state index in [1.807, 2.05) is 47.7 Å². The van der Waals surface area contributed by atoms with Gasteiger partial charge in [-0.3, -0.25) is 19.2 Å². The van der Waals surface area contributed by atoms with Gasteiger partial charge in [0.1, 0.15) is 0 Å². The largest absolute Gasteiger partial charge is 0.493 e. The lowest BCUT2D eigenvalue weighted by Crippen LogP contribution is -2.56. The normalized spacial score (nSPS) is 16.6. The third-order valence-corrected chi connectivity index (χ3v) is 5.43. The molecule has 2 aromatic rings. The van der Waals surface area contributed by atoms with Crippen molar-refractivity contribution in [3.8, 4) is 11.5 Å². The van der Waals surface area contributed by atoms with E-state index in [2.05, 4.69) is 15.7 Å². The molecule has 1 aliphatic heterocycles. The molecule has 2 N–H and O–H groups in total. The Labute approximate surface area is 182 Å². The SMILES string of the molecule is COc1cccc(CN2CCNC(=O)[C@H]2CC(=O)NCCn2nc(C)cc2C)c1OC. The average molecular weight is 430 g/mol. The standard InChI is InChI=1S/C22H31N5O4/c1-15-12-16(2)27(25-15)11-9-23-20(28)13-18-22(29)24-8-10-26(18)14-17-6-5-7-19(30-3)21(17)31-4/h5-7,12,18H,8-11,13-14H2,1-4H3,(H,23,28)(H,24,29)/t18-/m1/s1. The molecule has 1 atom stereocenters. The second-order valence-corrected chi connectivity index (χ2v) is 7.63. The highest BCUT2D eigenvalue weighted by atomic mass is 16.5. The van der Waals surface area contributed by atoms with E-state index < -0.39 is 6.04 Å². The Morgan fingerprint density at radius 1 is 1.29 bits per heavy atom. The number of nitrogens with one attached hydrogen (secondary N) is 2. The molecule has 0 bridgehead atoms. The van der Waals surface area contributed by atoms with E-state index in [4.69, 9.17) is 9.47 Å². The quantitative estimate of drug-likeness (QED) is 0.618. The number of ether oxygens (including phenoxy) is 2. The number of carbonyl (C=O) groups excluding carboxylic acids is 2. The van der Waals surface area contributed by atoms with E-state index in [1.54, 1.807) is 14.2 Å². The molecule has 2 amide bonds. The van der Waals surface area contributed by atoms with Crippen molar-refractivity contribution in [3.63, 3.8) is 0 Å². The molecule has 0 spiro atoms. The number of benzene rings is 1. The second kappa shape index (κ2) is 10.3. The average Bonchev–Trinajstić information content (AvgIpc) is 3.07. The molecule has 9 nitrogen and oxygen atoms in total. The van der Waals surface area contributed by atoms with Crippen LogP contribution in [0.25, 0.3) is 0 Å². The lowest BCUT2D eigenvalue weighted by molar-refractivity contribution is -0.134. The number of methoxy groups -OCH3 is 2. The van der Waals surface area contributed by atoms with Gasteiger partial charge in [0, 0.05) is 37.4 Å². The predicted octanol–water partition coefficient (Wildman–Crippen LogP) is 1.02. The number of rotatable bonds is 9. The third kappa shape index (κ3) is 5.55. The number of hydrogen-bond donors (Lipinski definition) is 2. The molecule has 2 heterocycles. The first-order chi connectivity index (χ1) is 14.9. The highest BCUT2D eigenvalue weighted by Gasteiger charge is 2.32. The molecule has 9 heteroatoms. The highest BCUT2D eigenvalue weighted by Crippen LogP contribution is 2.32. The Hall–Kier alpha value is -3.07. The Morgan fingerprint density at radius 2 is 2.10 bits per heavy atom. The summed E-state index contributed by atoms with van der Waals surface area (Å²) in [4.78, 5) is 27.1. The minimum Gasteiger partial charge on any atom is -0.493 e. The van der Waals surface area contributed by atoms with Crippen LogP contribution >= 0.6 is 0 Å². The summed E-state index contributed by atoms with van der Waals surface area (Å²) >= 11 is 0. The molecule has 0 radical (unpaired) electrons. The van der Waals surface area contributed by atoms with Gasteiger partial charge in [0.25, 0.3) is 0 Å². The number of aromatic nitrogens is 2. The van der Waals surface area contributed by atoms with Gasteiger partial charge in [-0.25, -0.2) is 0 Å². The summed E-state index contributed by atoms with van der Waals surface area (Å²) in [6, 6.07) is 7.12. The Kier molecular flexibility index (Phi) is 7.51. The van der Waals surface area contributed by atoms with Crippen LogP contribution in [0.4, 0.5) is 0 Å². The summed E-state index contributed by atoms with van der Waals surface area (Å²) in [7, 11) is 3.19. The molecule has 168 valence electrons. The van der Waals surface area contributed by atoms with Gasteiger partial charge in [0.05, 0.1) is 38.9 Å². The van der Waals surface area contributed by atoms with Gasteiger partial charge < -0.3 is 20.1 Å². The van der Waals surface area contributed by atoms with Crippen LogP contribution in [0.1, 0.15) is 23.4 Å². The number of amides is 2. The zero-order valence-electron chi connectivity index (χ0n) is 18.6. The molecule has 1 saturated heterocycles. The zero-order valence-corrected chi connectivity index (χ0v) is 18.6. The number of hydrogen-bond acceptors (Lipinski definition) is 6. The predicted molar refractivity (Wildman–Crippen MR) is 116 cm³/mol. The first-order valence-corrected chi connectivity index (χ1v) is 10.4. The summed E-state index contributed by atoms with van der Waals surface area (Å²) < 4.78 is 12.8. The van der Waals surface area contributed by atoms with Crippen LogP contribution in [-0.4, -0.2) is 66.4 Å². The summed E-state index contributed by atoms with van der Waals surface area (Å²) in [5, 5.41) is 10.2. The van der Waals surface area contributed by atoms with E-state index in [1.165, 1.54) is 0 Å². The lowest BCUT2D eigenvalue weighted by Gasteiger charge is -2.35. The smallest absolute Gasteiger partial charge is 0.237 e. The van der Waals surface area contributed by atoms with E-state index in [0.717, 1.165) is 17.0 Å². The maximum atomic E-state index is 12.6. The van der Waals surface area contributed by atoms with E-state index in [-0.39, 0.29) is 18.2 Å². The lowest BCUT2D eigenvalue weighted by atomic mass is 10.1.